The van der Waals surface area contributed by atoms with Gasteiger partial charge in [-0.1, -0.05) is 0 Å². The highest BCUT2D eigenvalue weighted by Crippen LogP contribution is 2.15. The van der Waals surface area contributed by atoms with Crippen molar-refractivity contribution < 1.29 is 0 Å². The second-order valence-corrected chi connectivity index (χ2v) is 3.51. The van der Waals surface area contributed by atoms with Gasteiger partial charge in [0.15, 0.2) is 17.3 Å². The zero-order valence-corrected chi connectivity index (χ0v) is 9.15. The largest absolute Gasteiger partial charge is 0.324 e. The molecule has 0 aromatic carbocycles. The minimum atomic E-state index is 0.300. The van der Waals surface area contributed by atoms with E-state index in [0.29, 0.717) is 18.2 Å². The van der Waals surface area contributed by atoms with Gasteiger partial charge in [-0.05, 0) is 0 Å². The first-order valence-electron chi connectivity index (χ1n) is 5.03. The molecule has 0 aliphatic carbocycles. The molecular formula is C9H10N8. The lowest BCUT2D eigenvalue weighted by molar-refractivity contribution is 0.782. The Labute approximate surface area is 96.1 Å². The van der Waals surface area contributed by atoms with Gasteiger partial charge in [-0.3, -0.25) is 4.68 Å². The Morgan fingerprint density at radius 1 is 1.29 bits per heavy atom. The number of hydrogen-bond acceptors (Lipinski definition) is 6. The van der Waals surface area contributed by atoms with Gasteiger partial charge >= 0.3 is 0 Å². The summed E-state index contributed by atoms with van der Waals surface area (Å²) in [5.74, 6) is 1.22. The van der Waals surface area contributed by atoms with Crippen LogP contribution in [0.4, 0.5) is 0 Å². The monoisotopic (exact) mass is 230 g/mol. The lowest BCUT2D eigenvalue weighted by Crippen LogP contribution is -2.03. The summed E-state index contributed by atoms with van der Waals surface area (Å²) in [5.41, 5.74) is 6.22. The number of nitrogens with zero attached hydrogens (tertiary/aromatic N) is 7. The van der Waals surface area contributed by atoms with Gasteiger partial charge < -0.3 is 5.73 Å². The number of aryl methyl sites for hydroxylation is 1. The minimum Gasteiger partial charge on any atom is -0.324 e. The van der Waals surface area contributed by atoms with Gasteiger partial charge in [-0.2, -0.15) is 5.10 Å². The van der Waals surface area contributed by atoms with Crippen molar-refractivity contribution in [3.8, 4) is 5.82 Å². The van der Waals surface area contributed by atoms with Crippen molar-refractivity contribution in [3.63, 3.8) is 0 Å². The molecule has 0 atom stereocenters. The van der Waals surface area contributed by atoms with Crippen LogP contribution in [-0.4, -0.2) is 34.5 Å². The molecule has 3 aromatic heterocycles. The molecule has 3 rings (SSSR count). The molecule has 0 saturated carbocycles. The lowest BCUT2D eigenvalue weighted by Gasteiger charge is -2.00. The Balaban J connectivity index is 2.23. The number of hydrogen-bond donors (Lipinski definition) is 1. The van der Waals surface area contributed by atoms with Gasteiger partial charge in [0.2, 0.25) is 0 Å². The SMILES string of the molecule is Cn1ncc2c(-n3cnc(CN)n3)ncnc21. The molecule has 8 nitrogen and oxygen atoms in total. The van der Waals surface area contributed by atoms with Crippen molar-refractivity contribution in [2.75, 3.05) is 0 Å². The molecule has 0 aliphatic rings. The number of rotatable bonds is 2. The second-order valence-electron chi connectivity index (χ2n) is 3.51. The van der Waals surface area contributed by atoms with E-state index in [9.17, 15) is 0 Å². The van der Waals surface area contributed by atoms with Crippen molar-refractivity contribution in [2.24, 2.45) is 12.8 Å². The van der Waals surface area contributed by atoms with Crippen LogP contribution < -0.4 is 5.73 Å². The summed E-state index contributed by atoms with van der Waals surface area (Å²) >= 11 is 0. The van der Waals surface area contributed by atoms with Crippen LogP contribution in [0, 0.1) is 0 Å². The maximum absolute atomic E-state index is 5.47. The van der Waals surface area contributed by atoms with E-state index in [-0.39, 0.29) is 0 Å². The van der Waals surface area contributed by atoms with Gasteiger partial charge in [-0.15, -0.1) is 5.10 Å². The van der Waals surface area contributed by atoms with Crippen LogP contribution in [-0.2, 0) is 13.6 Å². The normalized spacial score (nSPS) is 11.2. The molecule has 8 heteroatoms. The summed E-state index contributed by atoms with van der Waals surface area (Å²) in [5, 5.41) is 9.17. The van der Waals surface area contributed by atoms with Crippen molar-refractivity contribution in [1.29, 1.82) is 0 Å². The molecule has 86 valence electrons. The van der Waals surface area contributed by atoms with Crippen LogP contribution in [0.25, 0.3) is 16.9 Å². The highest BCUT2D eigenvalue weighted by molar-refractivity contribution is 5.81. The first-order valence-corrected chi connectivity index (χ1v) is 5.03. The molecule has 0 radical (unpaired) electrons. The van der Waals surface area contributed by atoms with E-state index >= 15 is 0 Å². The van der Waals surface area contributed by atoms with E-state index in [2.05, 4.69) is 25.1 Å². The summed E-state index contributed by atoms with van der Waals surface area (Å²) in [6, 6.07) is 0. The Bertz CT molecular complexity index is 666. The third-order valence-electron chi connectivity index (χ3n) is 2.45. The summed E-state index contributed by atoms with van der Waals surface area (Å²) in [6.07, 6.45) is 4.76. The first kappa shape index (κ1) is 9.85. The molecular weight excluding hydrogens is 220 g/mol. The van der Waals surface area contributed by atoms with E-state index in [1.807, 2.05) is 7.05 Å². The van der Waals surface area contributed by atoms with Crippen molar-refractivity contribution >= 4 is 11.0 Å². The van der Waals surface area contributed by atoms with E-state index in [1.165, 1.54) is 6.33 Å². The molecule has 0 fully saturated rings. The molecule has 0 unspecified atom stereocenters. The minimum absolute atomic E-state index is 0.300. The van der Waals surface area contributed by atoms with Crippen LogP contribution in [0.5, 0.6) is 0 Å². The van der Waals surface area contributed by atoms with Crippen molar-refractivity contribution in [2.45, 2.75) is 6.54 Å². The number of fused-ring (bicyclic) bond motifs is 1. The fraction of sp³-hybridized carbons (Fsp3) is 0.222. The molecule has 17 heavy (non-hydrogen) atoms. The van der Waals surface area contributed by atoms with Crippen molar-refractivity contribution in [3.05, 3.63) is 24.7 Å². The number of nitrogens with two attached hydrogens (primary N) is 1. The topological polar surface area (TPSA) is 100 Å². The predicted molar refractivity (Wildman–Crippen MR) is 59.1 cm³/mol. The lowest BCUT2D eigenvalue weighted by atomic mass is 10.4. The van der Waals surface area contributed by atoms with Crippen LogP contribution >= 0.6 is 0 Å². The van der Waals surface area contributed by atoms with Crippen LogP contribution in [0.2, 0.25) is 0 Å². The maximum atomic E-state index is 5.47. The van der Waals surface area contributed by atoms with Gasteiger partial charge in [-0.25, -0.2) is 19.6 Å². The fourth-order valence-electron chi connectivity index (χ4n) is 1.63. The third-order valence-corrected chi connectivity index (χ3v) is 2.45. The van der Waals surface area contributed by atoms with E-state index in [4.69, 9.17) is 5.73 Å². The molecule has 0 aliphatic heterocycles. The zero-order chi connectivity index (χ0) is 11.8. The zero-order valence-electron chi connectivity index (χ0n) is 9.15. The molecule has 3 heterocycles. The Kier molecular flexibility index (Phi) is 2.08. The average Bonchev–Trinajstić information content (AvgIpc) is 2.96. The molecule has 0 amide bonds. The molecule has 3 aromatic rings. The van der Waals surface area contributed by atoms with Gasteiger partial charge in [0, 0.05) is 7.05 Å². The second kappa shape index (κ2) is 3.59. The highest BCUT2D eigenvalue weighted by atomic mass is 15.4. The first-order chi connectivity index (χ1) is 8.29. The summed E-state index contributed by atoms with van der Waals surface area (Å²) in [7, 11) is 1.83. The molecule has 0 spiro atoms. The van der Waals surface area contributed by atoms with Crippen LogP contribution in [0.15, 0.2) is 18.9 Å². The summed E-state index contributed by atoms with van der Waals surface area (Å²) in [6.45, 7) is 0.300. The summed E-state index contributed by atoms with van der Waals surface area (Å²) in [4.78, 5) is 12.4. The highest BCUT2D eigenvalue weighted by Gasteiger charge is 2.10. The summed E-state index contributed by atoms with van der Waals surface area (Å²) < 4.78 is 3.26. The molecule has 0 saturated heterocycles. The average molecular weight is 230 g/mol. The Hall–Kier alpha value is -2.35. The van der Waals surface area contributed by atoms with Gasteiger partial charge in [0.05, 0.1) is 18.1 Å². The van der Waals surface area contributed by atoms with Gasteiger partial charge in [0.25, 0.3) is 0 Å². The molecule has 2 N–H and O–H groups in total. The Morgan fingerprint density at radius 3 is 2.94 bits per heavy atom. The number of aromatic nitrogens is 7. The quantitative estimate of drug-likeness (QED) is 0.631. The standard InChI is InChI=1S/C9H10N8/c1-16-8-6(3-14-16)9(12-4-11-8)17-5-13-7(2-10)15-17/h3-5H,2,10H2,1H3. The Morgan fingerprint density at radius 2 is 2.18 bits per heavy atom. The van der Waals surface area contributed by atoms with Crippen molar-refractivity contribution in [1.82, 2.24) is 34.5 Å². The van der Waals surface area contributed by atoms with E-state index < -0.39 is 0 Å². The third kappa shape index (κ3) is 1.46. The van der Waals surface area contributed by atoms with Crippen LogP contribution in [0.1, 0.15) is 5.82 Å². The smallest absolute Gasteiger partial charge is 0.169 e. The van der Waals surface area contributed by atoms with E-state index in [1.54, 1.807) is 21.9 Å². The fourth-order valence-corrected chi connectivity index (χ4v) is 1.63. The van der Waals surface area contributed by atoms with E-state index in [0.717, 1.165) is 11.0 Å². The molecule has 0 bridgehead atoms. The predicted octanol–water partition coefficient (Wildman–Crippen LogP) is -0.597. The maximum Gasteiger partial charge on any atom is 0.169 e. The van der Waals surface area contributed by atoms with Crippen LogP contribution in [0.3, 0.4) is 0 Å². The van der Waals surface area contributed by atoms with Gasteiger partial charge in [0.1, 0.15) is 12.7 Å².